The highest BCUT2D eigenvalue weighted by Crippen LogP contribution is 2.28. The highest BCUT2D eigenvalue weighted by Gasteiger charge is 2.09. The van der Waals surface area contributed by atoms with Gasteiger partial charge < -0.3 is 19.8 Å². The molecule has 27 heavy (non-hydrogen) atoms. The van der Waals surface area contributed by atoms with Crippen LogP contribution in [0.3, 0.4) is 0 Å². The van der Waals surface area contributed by atoms with Gasteiger partial charge in [0.2, 0.25) is 0 Å². The number of rotatable bonds is 6. The second-order valence-electron chi connectivity index (χ2n) is 5.93. The zero-order chi connectivity index (χ0) is 19.4. The van der Waals surface area contributed by atoms with Crippen molar-refractivity contribution in [1.29, 1.82) is 0 Å². The molecule has 1 amide bonds. The van der Waals surface area contributed by atoms with Gasteiger partial charge >= 0.3 is 0 Å². The summed E-state index contributed by atoms with van der Waals surface area (Å²) in [6.45, 7) is 0.337. The number of amides is 1. The molecular formula is C20H19ClN2O4. The summed E-state index contributed by atoms with van der Waals surface area (Å²) in [5.74, 6) is 1.02. The van der Waals surface area contributed by atoms with E-state index in [1.54, 1.807) is 49.6 Å². The van der Waals surface area contributed by atoms with Gasteiger partial charge in [-0.3, -0.25) is 9.59 Å². The molecule has 140 valence electrons. The first kappa shape index (κ1) is 18.8. The highest BCUT2D eigenvalue weighted by atomic mass is 35.5. The van der Waals surface area contributed by atoms with Gasteiger partial charge in [-0.05, 0) is 48.9 Å². The summed E-state index contributed by atoms with van der Waals surface area (Å²) in [7, 11) is 3.11. The van der Waals surface area contributed by atoms with Crippen LogP contribution >= 0.6 is 11.6 Å². The maximum Gasteiger partial charge on any atom is 0.251 e. The van der Waals surface area contributed by atoms with Gasteiger partial charge in [-0.2, -0.15) is 0 Å². The van der Waals surface area contributed by atoms with Crippen LogP contribution in [0.4, 0.5) is 0 Å². The molecule has 3 aromatic rings. The molecule has 6 nitrogen and oxygen atoms in total. The Bertz CT molecular complexity index is 1030. The second kappa shape index (κ2) is 8.14. The van der Waals surface area contributed by atoms with E-state index in [4.69, 9.17) is 21.1 Å². The molecule has 0 aliphatic heterocycles. The van der Waals surface area contributed by atoms with E-state index in [2.05, 4.69) is 10.3 Å². The number of benzene rings is 2. The van der Waals surface area contributed by atoms with Crippen LogP contribution in [0.1, 0.15) is 15.9 Å². The first-order valence-corrected chi connectivity index (χ1v) is 8.71. The quantitative estimate of drug-likeness (QED) is 0.681. The predicted octanol–water partition coefficient (Wildman–Crippen LogP) is 3.17. The number of H-pyrrole nitrogens is 1. The number of nitrogens with one attached hydrogen (secondary N) is 2. The molecular weight excluding hydrogens is 368 g/mol. The summed E-state index contributed by atoms with van der Waals surface area (Å²) < 4.78 is 10.3. The Morgan fingerprint density at radius 2 is 1.85 bits per heavy atom. The lowest BCUT2D eigenvalue weighted by atomic mass is 10.1. The molecule has 1 heterocycles. The standard InChI is InChI=1S/C20H19ClN2O4/c1-26-15-5-3-12(4-6-15)19(24)22-8-7-13-9-14-10-18(27-2)16(21)11-17(14)23-20(13)25/h3-6,9-11H,7-8H2,1-2H3,(H,22,24)(H,23,25). The van der Waals surface area contributed by atoms with Gasteiger partial charge in [0.25, 0.3) is 11.5 Å². The number of carbonyl (C=O) groups is 1. The predicted molar refractivity (Wildman–Crippen MR) is 105 cm³/mol. The van der Waals surface area contributed by atoms with Crippen LogP contribution in [0.2, 0.25) is 5.02 Å². The Balaban J connectivity index is 1.70. The van der Waals surface area contributed by atoms with Gasteiger partial charge in [-0.1, -0.05) is 11.6 Å². The van der Waals surface area contributed by atoms with Gasteiger partial charge in [-0.15, -0.1) is 0 Å². The third-order valence-corrected chi connectivity index (χ3v) is 4.52. The van der Waals surface area contributed by atoms with E-state index >= 15 is 0 Å². The van der Waals surface area contributed by atoms with E-state index in [0.29, 0.717) is 46.1 Å². The van der Waals surface area contributed by atoms with Crippen LogP contribution in [-0.2, 0) is 6.42 Å². The number of halogens is 1. The van der Waals surface area contributed by atoms with Crippen LogP contribution in [-0.4, -0.2) is 31.7 Å². The monoisotopic (exact) mass is 386 g/mol. The van der Waals surface area contributed by atoms with Crippen molar-refractivity contribution in [1.82, 2.24) is 10.3 Å². The van der Waals surface area contributed by atoms with Crippen molar-refractivity contribution in [2.45, 2.75) is 6.42 Å². The fourth-order valence-electron chi connectivity index (χ4n) is 2.75. The van der Waals surface area contributed by atoms with Crippen molar-refractivity contribution in [2.24, 2.45) is 0 Å². The fraction of sp³-hybridized carbons (Fsp3) is 0.200. The minimum Gasteiger partial charge on any atom is -0.497 e. The summed E-state index contributed by atoms with van der Waals surface area (Å²) in [4.78, 5) is 27.3. The number of aromatic amines is 1. The van der Waals surface area contributed by atoms with Crippen LogP contribution in [0.15, 0.2) is 47.3 Å². The van der Waals surface area contributed by atoms with Crippen LogP contribution in [0.5, 0.6) is 11.5 Å². The average Bonchev–Trinajstić information content (AvgIpc) is 2.68. The Kier molecular flexibility index (Phi) is 5.66. The molecule has 1 aromatic heterocycles. The number of aromatic nitrogens is 1. The van der Waals surface area contributed by atoms with Gasteiger partial charge in [-0.25, -0.2) is 0 Å². The van der Waals surface area contributed by atoms with E-state index in [0.717, 1.165) is 5.39 Å². The van der Waals surface area contributed by atoms with Crippen molar-refractivity contribution in [2.75, 3.05) is 20.8 Å². The minimum absolute atomic E-state index is 0.205. The first-order chi connectivity index (χ1) is 13.0. The normalized spacial score (nSPS) is 10.6. The largest absolute Gasteiger partial charge is 0.497 e. The molecule has 0 saturated heterocycles. The molecule has 0 atom stereocenters. The minimum atomic E-state index is -0.206. The van der Waals surface area contributed by atoms with Gasteiger partial charge in [0.1, 0.15) is 11.5 Å². The van der Waals surface area contributed by atoms with Crippen LogP contribution in [0, 0.1) is 0 Å². The first-order valence-electron chi connectivity index (χ1n) is 8.33. The van der Waals surface area contributed by atoms with Crippen molar-refractivity contribution in [3.63, 3.8) is 0 Å². The molecule has 0 aliphatic rings. The smallest absolute Gasteiger partial charge is 0.251 e. The Morgan fingerprint density at radius 3 is 2.52 bits per heavy atom. The second-order valence-corrected chi connectivity index (χ2v) is 6.34. The molecule has 2 aromatic carbocycles. The van der Waals surface area contributed by atoms with Gasteiger partial charge in [0.15, 0.2) is 0 Å². The number of pyridine rings is 1. The zero-order valence-corrected chi connectivity index (χ0v) is 15.7. The Labute approximate surface area is 161 Å². The lowest BCUT2D eigenvalue weighted by molar-refractivity contribution is 0.0954. The third-order valence-electron chi connectivity index (χ3n) is 4.23. The summed E-state index contributed by atoms with van der Waals surface area (Å²) in [5, 5.41) is 4.06. The molecule has 7 heteroatoms. The number of ether oxygens (including phenoxy) is 2. The Morgan fingerprint density at radius 1 is 1.11 bits per heavy atom. The molecule has 3 rings (SSSR count). The number of fused-ring (bicyclic) bond motifs is 1. The number of hydrogen-bond acceptors (Lipinski definition) is 4. The lowest BCUT2D eigenvalue weighted by Gasteiger charge is -2.08. The van der Waals surface area contributed by atoms with E-state index in [9.17, 15) is 9.59 Å². The molecule has 0 aliphatic carbocycles. The molecule has 0 saturated carbocycles. The molecule has 2 N–H and O–H groups in total. The van der Waals surface area contributed by atoms with E-state index in [1.165, 1.54) is 7.11 Å². The maximum atomic E-state index is 12.3. The topological polar surface area (TPSA) is 80.4 Å². The molecule has 0 bridgehead atoms. The van der Waals surface area contributed by atoms with Crippen LogP contribution < -0.4 is 20.3 Å². The van der Waals surface area contributed by atoms with Gasteiger partial charge in [0, 0.05) is 23.1 Å². The summed E-state index contributed by atoms with van der Waals surface area (Å²) in [6.07, 6.45) is 0.401. The summed E-state index contributed by atoms with van der Waals surface area (Å²) in [5.41, 5.74) is 1.53. The van der Waals surface area contributed by atoms with Crippen molar-refractivity contribution in [3.8, 4) is 11.5 Å². The third kappa shape index (κ3) is 4.23. The number of hydrogen-bond donors (Lipinski definition) is 2. The number of methoxy groups -OCH3 is 2. The van der Waals surface area contributed by atoms with E-state index < -0.39 is 0 Å². The fourth-order valence-corrected chi connectivity index (χ4v) is 2.99. The highest BCUT2D eigenvalue weighted by molar-refractivity contribution is 6.32. The summed E-state index contributed by atoms with van der Waals surface area (Å²) in [6, 6.07) is 12.0. The molecule has 0 fully saturated rings. The SMILES string of the molecule is COc1ccc(C(=O)NCCc2cc3cc(OC)c(Cl)cc3[nH]c2=O)cc1. The summed E-state index contributed by atoms with van der Waals surface area (Å²) >= 11 is 6.09. The maximum absolute atomic E-state index is 12.3. The van der Waals surface area contributed by atoms with E-state index in [-0.39, 0.29) is 11.5 Å². The van der Waals surface area contributed by atoms with Gasteiger partial charge in [0.05, 0.1) is 24.8 Å². The van der Waals surface area contributed by atoms with Crippen molar-refractivity contribution in [3.05, 3.63) is 69.0 Å². The average molecular weight is 387 g/mol. The van der Waals surface area contributed by atoms with E-state index in [1.807, 2.05) is 0 Å². The number of carbonyl (C=O) groups excluding carboxylic acids is 1. The van der Waals surface area contributed by atoms with Crippen molar-refractivity contribution < 1.29 is 14.3 Å². The zero-order valence-electron chi connectivity index (χ0n) is 15.0. The Hall–Kier alpha value is -2.99. The molecule has 0 radical (unpaired) electrons. The lowest BCUT2D eigenvalue weighted by Crippen LogP contribution is -2.27. The van der Waals surface area contributed by atoms with Crippen LogP contribution in [0.25, 0.3) is 10.9 Å². The molecule has 0 unspecified atom stereocenters. The van der Waals surface area contributed by atoms with Crippen molar-refractivity contribution >= 4 is 28.4 Å². The molecule has 0 spiro atoms.